The normalized spacial score (nSPS) is 18.3. The van der Waals surface area contributed by atoms with Crippen LogP contribution < -0.4 is 5.32 Å². The summed E-state index contributed by atoms with van der Waals surface area (Å²) in [5, 5.41) is 3.36. The van der Waals surface area contributed by atoms with Gasteiger partial charge in [-0.05, 0) is 124 Å². The molecule has 3 unspecified atom stereocenters. The highest BCUT2D eigenvalue weighted by atomic mass is 32.3. The van der Waals surface area contributed by atoms with E-state index in [9.17, 15) is 14.0 Å². The predicted molar refractivity (Wildman–Crippen MR) is 285 cm³/mol. The molecule has 2 aliphatic heterocycles. The van der Waals surface area contributed by atoms with Crippen LogP contribution in [0.2, 0.25) is 0 Å². The van der Waals surface area contributed by atoms with E-state index in [4.69, 9.17) is 4.74 Å². The highest BCUT2D eigenvalue weighted by molar-refractivity contribution is 8.33. The molecule has 2 saturated heterocycles. The topological polar surface area (TPSA) is 61.9 Å². The monoisotopic (exact) mass is 969 g/mol. The van der Waals surface area contributed by atoms with E-state index in [1.807, 2.05) is 23.9 Å². The molecule has 1 amide bonds. The zero-order chi connectivity index (χ0) is 48.2. The van der Waals surface area contributed by atoms with Gasteiger partial charge in [-0.1, -0.05) is 158 Å². The van der Waals surface area contributed by atoms with Crippen LogP contribution in [-0.2, 0) is 19.1 Å². The van der Waals surface area contributed by atoms with Crippen LogP contribution in [-0.4, -0.2) is 85.1 Å². The number of esters is 1. The summed E-state index contributed by atoms with van der Waals surface area (Å²) in [5.74, 6) is 0.718. The number of piperidine rings is 1. The van der Waals surface area contributed by atoms with Crippen LogP contribution in [0.25, 0.3) is 0 Å². The second-order valence-electron chi connectivity index (χ2n) is 18.5. The summed E-state index contributed by atoms with van der Waals surface area (Å²) in [6.07, 6.45) is 3.59. The van der Waals surface area contributed by atoms with Crippen molar-refractivity contribution in [3.05, 3.63) is 234 Å². The quantitative estimate of drug-likeness (QED) is 0.0440. The van der Waals surface area contributed by atoms with Gasteiger partial charge in [-0.15, -0.1) is 11.8 Å². The van der Waals surface area contributed by atoms with Crippen molar-refractivity contribution >= 4 is 33.7 Å². The zero-order valence-corrected chi connectivity index (χ0v) is 41.7. The third kappa shape index (κ3) is 10.7. The molecule has 9 rings (SSSR count). The molecule has 70 heavy (non-hydrogen) atoms. The average molecular weight is 970 g/mol. The van der Waals surface area contributed by atoms with Crippen LogP contribution in [0, 0.1) is 11.7 Å². The molecule has 2 aliphatic rings. The lowest BCUT2D eigenvalue weighted by Gasteiger charge is -2.44. The molecule has 0 radical (unpaired) electrons. The highest BCUT2D eigenvalue weighted by Crippen LogP contribution is 2.68. The molecule has 360 valence electrons. The number of halogens is 1. The van der Waals surface area contributed by atoms with Crippen molar-refractivity contribution < 1.29 is 18.7 Å². The standard InChI is InChI=1S/C61H64FN3O3S2/c1-68-60(67)59-56(47-33-35-51(62)36-34-47)45-52-37-38-57(59)65(52)41-20-40-64(42-44-70(53-27-14-5-15-28-53,54-29-16-6-17-30-54)55-31-18-7-19-32-55)46-58(66)63-39-43-69-61(48-21-8-2-9-22-48,49-23-10-3-11-24-49)50-25-12-4-13-26-50/h2-19,21-36,52,56-57,59H,20,37-46H2,1H3,(H,63,66)/t52?,56?,57?,59-/m0/s1. The molecule has 2 bridgehead atoms. The maximum Gasteiger partial charge on any atom is 0.310 e. The molecule has 4 atom stereocenters. The van der Waals surface area contributed by atoms with Gasteiger partial charge in [0.1, 0.15) is 5.82 Å². The van der Waals surface area contributed by atoms with Gasteiger partial charge in [-0.3, -0.25) is 19.4 Å². The number of thioether (sulfide) groups is 1. The molecule has 2 heterocycles. The molecule has 0 saturated carbocycles. The number of hydrogen-bond acceptors (Lipinski definition) is 6. The van der Waals surface area contributed by atoms with Crippen LogP contribution in [0.5, 0.6) is 0 Å². The lowest BCUT2D eigenvalue weighted by molar-refractivity contribution is -0.150. The molecular formula is C61H64FN3O3S2. The van der Waals surface area contributed by atoms with E-state index in [2.05, 4.69) is 197 Å². The molecule has 1 N–H and O–H groups in total. The molecule has 9 heteroatoms. The zero-order valence-electron chi connectivity index (χ0n) is 40.0. The van der Waals surface area contributed by atoms with E-state index in [-0.39, 0.29) is 42.1 Å². The van der Waals surface area contributed by atoms with Crippen molar-refractivity contribution in [1.29, 1.82) is 0 Å². The first-order chi connectivity index (χ1) is 34.4. The Bertz CT molecular complexity index is 2530. The molecule has 0 spiro atoms. The van der Waals surface area contributed by atoms with Gasteiger partial charge in [0.05, 0.1) is 24.3 Å². The van der Waals surface area contributed by atoms with Crippen LogP contribution in [0.3, 0.4) is 0 Å². The van der Waals surface area contributed by atoms with Gasteiger partial charge in [0, 0.05) is 42.6 Å². The molecule has 0 aromatic heterocycles. The largest absolute Gasteiger partial charge is 0.469 e. The van der Waals surface area contributed by atoms with Crippen molar-refractivity contribution in [2.45, 2.75) is 63.1 Å². The third-order valence-corrected chi connectivity index (χ3v) is 20.1. The van der Waals surface area contributed by atoms with Gasteiger partial charge in [-0.25, -0.2) is 4.39 Å². The Labute approximate surface area is 420 Å². The average Bonchev–Trinajstić information content (AvgIpc) is 3.69. The van der Waals surface area contributed by atoms with Crippen molar-refractivity contribution in [2.75, 3.05) is 51.3 Å². The van der Waals surface area contributed by atoms with Crippen molar-refractivity contribution in [1.82, 2.24) is 15.1 Å². The number of nitrogens with one attached hydrogen (secondary N) is 1. The summed E-state index contributed by atoms with van der Waals surface area (Å²) in [6, 6.07) is 71.8. The van der Waals surface area contributed by atoms with Crippen molar-refractivity contribution in [2.24, 2.45) is 5.92 Å². The van der Waals surface area contributed by atoms with Gasteiger partial charge >= 0.3 is 5.97 Å². The minimum Gasteiger partial charge on any atom is -0.469 e. The Morgan fingerprint density at radius 2 is 1.16 bits per heavy atom. The summed E-state index contributed by atoms with van der Waals surface area (Å²) in [6.45, 7) is 3.02. The minimum atomic E-state index is -1.75. The Morgan fingerprint density at radius 1 is 0.671 bits per heavy atom. The summed E-state index contributed by atoms with van der Waals surface area (Å²) in [5.41, 5.74) is 4.59. The molecular weight excluding hydrogens is 906 g/mol. The first kappa shape index (κ1) is 49.0. The lowest BCUT2D eigenvalue weighted by Crippen LogP contribution is -2.51. The highest BCUT2D eigenvalue weighted by Gasteiger charge is 2.51. The van der Waals surface area contributed by atoms with E-state index in [0.29, 0.717) is 24.9 Å². The Kier molecular flexibility index (Phi) is 16.3. The fraction of sp³-hybridized carbons (Fsp3) is 0.279. The van der Waals surface area contributed by atoms with E-state index in [1.54, 1.807) is 0 Å². The number of carbonyl (C=O) groups excluding carboxylic acids is 2. The van der Waals surface area contributed by atoms with Gasteiger partial charge < -0.3 is 10.1 Å². The van der Waals surface area contributed by atoms with E-state index in [1.165, 1.54) is 50.6 Å². The third-order valence-electron chi connectivity index (χ3n) is 14.5. The Balaban J connectivity index is 0.958. The number of fused-ring (bicyclic) bond motifs is 2. The number of benzene rings is 7. The number of rotatable bonds is 21. The molecule has 2 fully saturated rings. The molecule has 6 nitrogen and oxygen atoms in total. The molecule has 7 aromatic carbocycles. The SMILES string of the molecule is COC(=O)[C@H]1C(c2ccc(F)cc2)CC2CCC1N2CCCN(CCS(c1ccccc1)(c1ccccc1)c1ccccc1)CC(=O)NCCSC(c1ccccc1)(c1ccccc1)c1ccccc1. The fourth-order valence-corrected chi connectivity index (χ4v) is 16.7. The minimum absolute atomic E-state index is 0.0102. The number of methoxy groups -OCH3 is 1. The van der Waals surface area contributed by atoms with Gasteiger partial charge in [0.15, 0.2) is 0 Å². The number of amides is 1. The van der Waals surface area contributed by atoms with Crippen LogP contribution >= 0.6 is 21.8 Å². The number of nitrogens with zero attached hydrogens (tertiary/aromatic N) is 2. The first-order valence-corrected chi connectivity index (χ1v) is 27.5. The number of ether oxygens (including phenoxy) is 1. The van der Waals surface area contributed by atoms with Gasteiger partial charge in [0.25, 0.3) is 0 Å². The maximum absolute atomic E-state index is 14.4. The summed E-state index contributed by atoms with van der Waals surface area (Å²) < 4.78 is 19.0. The Morgan fingerprint density at radius 3 is 1.64 bits per heavy atom. The van der Waals surface area contributed by atoms with Crippen LogP contribution in [0.15, 0.2) is 221 Å². The number of hydrogen-bond donors (Lipinski definition) is 1. The molecule has 0 aliphatic carbocycles. The van der Waals surface area contributed by atoms with Crippen LogP contribution in [0.1, 0.15) is 53.9 Å². The van der Waals surface area contributed by atoms with E-state index >= 15 is 0 Å². The fourth-order valence-electron chi connectivity index (χ4n) is 11.3. The van der Waals surface area contributed by atoms with E-state index in [0.717, 1.165) is 50.1 Å². The first-order valence-electron chi connectivity index (χ1n) is 24.8. The lowest BCUT2D eigenvalue weighted by atomic mass is 9.76. The second-order valence-corrected chi connectivity index (χ2v) is 23.1. The molecule has 7 aromatic rings. The van der Waals surface area contributed by atoms with E-state index < -0.39 is 14.8 Å². The van der Waals surface area contributed by atoms with Crippen LogP contribution in [0.4, 0.5) is 4.39 Å². The summed E-state index contributed by atoms with van der Waals surface area (Å²) in [4.78, 5) is 36.8. The summed E-state index contributed by atoms with van der Waals surface area (Å²) >= 11 is 1.85. The summed E-state index contributed by atoms with van der Waals surface area (Å²) in [7, 11) is -0.272. The van der Waals surface area contributed by atoms with Gasteiger partial charge in [-0.2, -0.15) is 10.0 Å². The second kappa shape index (κ2) is 23.3. The smallest absolute Gasteiger partial charge is 0.310 e. The van der Waals surface area contributed by atoms with Crippen molar-refractivity contribution in [3.8, 4) is 0 Å². The van der Waals surface area contributed by atoms with Gasteiger partial charge in [0.2, 0.25) is 5.91 Å². The Hall–Kier alpha value is -5.97. The predicted octanol–water partition coefficient (Wildman–Crippen LogP) is 12.5. The number of carbonyl (C=O) groups is 2. The van der Waals surface area contributed by atoms with Crippen molar-refractivity contribution in [3.63, 3.8) is 0 Å². The maximum atomic E-state index is 14.4.